The van der Waals surface area contributed by atoms with Gasteiger partial charge in [0.2, 0.25) is 0 Å². The Kier molecular flexibility index (Phi) is 2.17. The van der Waals surface area contributed by atoms with Crippen LogP contribution in [0.15, 0.2) is 10.2 Å². The molecule has 0 saturated carbocycles. The summed E-state index contributed by atoms with van der Waals surface area (Å²) in [6, 6.07) is 0. The van der Waals surface area contributed by atoms with Gasteiger partial charge in [0.25, 0.3) is 5.56 Å². The normalized spacial score (nSPS) is 15.4. The molecule has 0 spiro atoms. The van der Waals surface area contributed by atoms with Gasteiger partial charge < -0.3 is 0 Å². The molecule has 3 nitrogen and oxygen atoms in total. The summed E-state index contributed by atoms with van der Waals surface area (Å²) in [7, 11) is 0. The van der Waals surface area contributed by atoms with E-state index in [0.717, 1.165) is 33.7 Å². The number of hydrogen-bond donors (Lipinski definition) is 0. The van der Waals surface area contributed by atoms with Crippen molar-refractivity contribution >= 4 is 37.9 Å². The lowest BCUT2D eigenvalue weighted by atomic mass is 9.97. The van der Waals surface area contributed by atoms with Crippen LogP contribution in [0.2, 0.25) is 0 Å². The molecule has 0 saturated heterocycles. The van der Waals surface area contributed by atoms with Crippen molar-refractivity contribution < 1.29 is 0 Å². The second-order valence-electron chi connectivity index (χ2n) is 4.80. The molecular weight excluding hydrogens is 264 g/mol. The minimum absolute atomic E-state index is 0.133. The summed E-state index contributed by atoms with van der Waals surface area (Å²) in [6.45, 7) is 1.97. The lowest BCUT2D eigenvalue weighted by Gasteiger charge is -2.09. The van der Waals surface area contributed by atoms with Gasteiger partial charge in [-0.3, -0.25) is 9.20 Å². The smallest absolute Gasteiger partial charge is 0.267 e. The highest BCUT2D eigenvalue weighted by atomic mass is 32.1. The fraction of sp³-hybridized carbons (Fsp3) is 0.385. The third kappa shape index (κ3) is 1.29. The Bertz CT molecular complexity index is 825. The third-order valence-corrected chi connectivity index (χ3v) is 5.78. The molecule has 3 aromatic rings. The van der Waals surface area contributed by atoms with Gasteiger partial charge >= 0.3 is 0 Å². The van der Waals surface area contributed by atoms with Crippen molar-refractivity contribution in [3.8, 4) is 0 Å². The molecule has 1 aliphatic rings. The maximum atomic E-state index is 12.6. The van der Waals surface area contributed by atoms with Gasteiger partial charge in [0.05, 0.1) is 5.39 Å². The summed E-state index contributed by atoms with van der Waals surface area (Å²) < 4.78 is 1.76. The molecule has 0 unspecified atom stereocenters. The van der Waals surface area contributed by atoms with Crippen molar-refractivity contribution in [1.29, 1.82) is 0 Å². The van der Waals surface area contributed by atoms with E-state index < -0.39 is 0 Å². The first-order chi connectivity index (χ1) is 8.75. The van der Waals surface area contributed by atoms with E-state index in [4.69, 9.17) is 0 Å². The highest BCUT2D eigenvalue weighted by molar-refractivity contribution is 7.19. The van der Waals surface area contributed by atoms with Crippen molar-refractivity contribution in [2.45, 2.75) is 32.6 Å². The molecule has 4 rings (SSSR count). The predicted molar refractivity (Wildman–Crippen MR) is 76.1 cm³/mol. The van der Waals surface area contributed by atoms with Crippen LogP contribution in [0.25, 0.3) is 15.2 Å². The third-order valence-electron chi connectivity index (χ3n) is 3.65. The van der Waals surface area contributed by atoms with Gasteiger partial charge in [-0.15, -0.1) is 22.7 Å². The van der Waals surface area contributed by atoms with E-state index in [1.165, 1.54) is 23.3 Å². The maximum absolute atomic E-state index is 12.6. The number of hydrogen-bond acceptors (Lipinski definition) is 4. The number of thiophene rings is 1. The average Bonchev–Trinajstić information content (AvgIpc) is 2.91. The lowest BCUT2D eigenvalue weighted by molar-refractivity contribution is 0.700. The van der Waals surface area contributed by atoms with E-state index in [0.29, 0.717) is 0 Å². The number of nitrogens with zero attached hydrogens (tertiary/aromatic N) is 2. The van der Waals surface area contributed by atoms with E-state index in [1.807, 2.05) is 12.3 Å². The molecular formula is C13H12N2OS2. The Hall–Kier alpha value is -1.20. The molecule has 92 valence electrons. The van der Waals surface area contributed by atoms with Crippen molar-refractivity contribution in [3.63, 3.8) is 0 Å². The van der Waals surface area contributed by atoms with Crippen LogP contribution in [-0.2, 0) is 12.8 Å². The Morgan fingerprint density at radius 3 is 3.06 bits per heavy atom. The molecule has 0 radical (unpaired) electrons. The van der Waals surface area contributed by atoms with Crippen molar-refractivity contribution in [2.75, 3.05) is 0 Å². The van der Waals surface area contributed by atoms with Crippen LogP contribution in [0.5, 0.6) is 0 Å². The van der Waals surface area contributed by atoms with Crippen molar-refractivity contribution in [1.82, 2.24) is 9.38 Å². The molecule has 0 N–H and O–H groups in total. The fourth-order valence-corrected chi connectivity index (χ4v) is 4.93. The monoisotopic (exact) mass is 276 g/mol. The van der Waals surface area contributed by atoms with Gasteiger partial charge in [0, 0.05) is 16.0 Å². The van der Waals surface area contributed by atoms with Gasteiger partial charge in [0.1, 0.15) is 4.83 Å². The first-order valence-corrected chi connectivity index (χ1v) is 7.86. The topological polar surface area (TPSA) is 34.4 Å². The van der Waals surface area contributed by atoms with Crippen LogP contribution in [0.3, 0.4) is 0 Å². The summed E-state index contributed by atoms with van der Waals surface area (Å²) >= 11 is 3.27. The van der Waals surface area contributed by atoms with Crippen LogP contribution in [0.4, 0.5) is 0 Å². The molecule has 0 fully saturated rings. The summed E-state index contributed by atoms with van der Waals surface area (Å²) in [4.78, 5) is 20.5. The van der Waals surface area contributed by atoms with Crippen molar-refractivity contribution in [2.24, 2.45) is 0 Å². The Labute approximate surface area is 112 Å². The van der Waals surface area contributed by atoms with Crippen LogP contribution >= 0.6 is 22.7 Å². The van der Waals surface area contributed by atoms with Gasteiger partial charge in [0.15, 0.2) is 4.96 Å². The van der Waals surface area contributed by atoms with Crippen LogP contribution in [0.1, 0.15) is 29.0 Å². The zero-order valence-electron chi connectivity index (χ0n) is 10.0. The molecule has 0 aliphatic heterocycles. The number of aryl methyl sites for hydroxylation is 3. The fourth-order valence-electron chi connectivity index (χ4n) is 2.77. The molecule has 0 amide bonds. The Morgan fingerprint density at radius 1 is 1.33 bits per heavy atom. The summed E-state index contributed by atoms with van der Waals surface area (Å²) in [5.74, 6) is 0. The SMILES string of the molecule is Cc1csc2nc3sc4c(c3c(=O)n12)CCCC4. The summed E-state index contributed by atoms with van der Waals surface area (Å²) in [5.41, 5.74) is 2.40. The molecule has 5 heteroatoms. The minimum atomic E-state index is 0.133. The molecule has 18 heavy (non-hydrogen) atoms. The molecule has 3 heterocycles. The van der Waals surface area contributed by atoms with Gasteiger partial charge in [-0.1, -0.05) is 0 Å². The van der Waals surface area contributed by atoms with E-state index in [-0.39, 0.29) is 5.56 Å². The average molecular weight is 276 g/mol. The predicted octanol–water partition coefficient (Wildman–Crippen LogP) is 3.16. The number of thiazole rings is 1. The number of rotatable bonds is 0. The standard InChI is InChI=1S/C13H12N2OS2/c1-7-6-17-13-14-11-10(12(16)15(7)13)8-4-2-3-5-9(8)18-11/h6H,2-5H2,1H3. The highest BCUT2D eigenvalue weighted by Crippen LogP contribution is 2.34. The number of fused-ring (bicyclic) bond motifs is 4. The Morgan fingerprint density at radius 2 is 2.17 bits per heavy atom. The number of aromatic nitrogens is 2. The molecule has 3 aromatic heterocycles. The van der Waals surface area contributed by atoms with Gasteiger partial charge in [-0.05, 0) is 38.2 Å². The van der Waals surface area contributed by atoms with E-state index >= 15 is 0 Å². The first kappa shape index (κ1) is 10.7. The zero-order valence-corrected chi connectivity index (χ0v) is 11.7. The largest absolute Gasteiger partial charge is 0.268 e. The van der Waals surface area contributed by atoms with E-state index in [1.54, 1.807) is 27.1 Å². The van der Waals surface area contributed by atoms with Gasteiger partial charge in [-0.25, -0.2) is 4.98 Å². The summed E-state index contributed by atoms with van der Waals surface area (Å²) in [5, 5.41) is 2.88. The Balaban J connectivity index is 2.23. The first-order valence-electron chi connectivity index (χ1n) is 6.17. The molecule has 1 aliphatic carbocycles. The second kappa shape index (κ2) is 3.65. The van der Waals surface area contributed by atoms with E-state index in [9.17, 15) is 4.79 Å². The van der Waals surface area contributed by atoms with Crippen LogP contribution in [0, 0.1) is 6.92 Å². The highest BCUT2D eigenvalue weighted by Gasteiger charge is 2.20. The molecule has 0 atom stereocenters. The van der Waals surface area contributed by atoms with Gasteiger partial charge in [-0.2, -0.15) is 0 Å². The molecule has 0 aromatic carbocycles. The minimum Gasteiger partial charge on any atom is -0.268 e. The quantitative estimate of drug-likeness (QED) is 0.632. The van der Waals surface area contributed by atoms with Crippen molar-refractivity contribution in [3.05, 3.63) is 31.9 Å². The van der Waals surface area contributed by atoms with E-state index in [2.05, 4.69) is 4.98 Å². The molecule has 0 bridgehead atoms. The van der Waals surface area contributed by atoms with Crippen LogP contribution in [-0.4, -0.2) is 9.38 Å². The zero-order chi connectivity index (χ0) is 12.3. The van der Waals surface area contributed by atoms with Crippen LogP contribution < -0.4 is 5.56 Å². The lowest BCUT2D eigenvalue weighted by Crippen LogP contribution is -2.15. The maximum Gasteiger partial charge on any atom is 0.267 e. The second-order valence-corrected chi connectivity index (χ2v) is 6.72. The summed E-state index contributed by atoms with van der Waals surface area (Å²) in [6.07, 6.45) is 4.60.